The lowest BCUT2D eigenvalue weighted by molar-refractivity contribution is -0.184. The van der Waals surface area contributed by atoms with E-state index in [1.54, 1.807) is 0 Å². The molecule has 23 heavy (non-hydrogen) atoms. The van der Waals surface area contributed by atoms with Gasteiger partial charge in [0.25, 0.3) is 5.60 Å². The number of carboxylic acids is 2. The van der Waals surface area contributed by atoms with Gasteiger partial charge in [0.15, 0.2) is 17.6 Å². The van der Waals surface area contributed by atoms with Gasteiger partial charge in [-0.3, -0.25) is 4.79 Å². The predicted molar refractivity (Wildman–Crippen MR) is 74.8 cm³/mol. The topological polar surface area (TPSA) is 173 Å². The number of aliphatic hydroxyl groups excluding tert-OH is 1. The lowest BCUT2D eigenvalue weighted by atomic mass is 9.90. The van der Waals surface area contributed by atoms with Gasteiger partial charge in [0.1, 0.15) is 0 Å². The summed E-state index contributed by atoms with van der Waals surface area (Å²) in [5.74, 6) is -6.76. The maximum Gasteiger partial charge on any atom is 0.347 e. The van der Waals surface area contributed by atoms with Gasteiger partial charge in [-0.05, 0) is 24.6 Å². The molecule has 0 saturated carbocycles. The molecular weight excluding hydrogens is 312 g/mol. The lowest BCUT2D eigenvalue weighted by Crippen LogP contribution is -2.58. The molecule has 0 fully saturated rings. The first-order valence-corrected chi connectivity index (χ1v) is 6.14. The van der Waals surface area contributed by atoms with Gasteiger partial charge >= 0.3 is 11.9 Å². The average Bonchev–Trinajstić information content (AvgIpc) is 2.49. The molecular formula is C14H14O9. The fourth-order valence-corrected chi connectivity index (χ4v) is 1.71. The van der Waals surface area contributed by atoms with Gasteiger partial charge in [-0.25, -0.2) is 9.59 Å². The van der Waals surface area contributed by atoms with Crippen molar-refractivity contribution >= 4 is 23.8 Å². The number of aliphatic hydroxyl groups is 2. The van der Waals surface area contributed by atoms with Crippen molar-refractivity contribution in [2.75, 3.05) is 0 Å². The monoisotopic (exact) mass is 326 g/mol. The van der Waals surface area contributed by atoms with Crippen LogP contribution in [0.5, 0.6) is 11.5 Å². The number of ketones is 1. The minimum Gasteiger partial charge on any atom is -0.504 e. The summed E-state index contributed by atoms with van der Waals surface area (Å²) in [6, 6.07) is 2.41. The maximum atomic E-state index is 11.8. The molecule has 0 amide bonds. The van der Waals surface area contributed by atoms with E-state index in [9.17, 15) is 34.8 Å². The third-order valence-electron chi connectivity index (χ3n) is 3.20. The zero-order chi connectivity index (χ0) is 17.9. The highest BCUT2D eigenvalue weighted by atomic mass is 16.4. The molecule has 0 bridgehead atoms. The molecule has 2 unspecified atom stereocenters. The molecule has 0 spiro atoms. The Labute approximate surface area is 129 Å². The van der Waals surface area contributed by atoms with Gasteiger partial charge in [-0.15, -0.1) is 0 Å². The van der Waals surface area contributed by atoms with Crippen LogP contribution >= 0.6 is 0 Å². The number of carboxylic acid groups (broad SMARTS) is 2. The number of hydrogen-bond donors (Lipinski definition) is 6. The number of hydrogen-bond acceptors (Lipinski definition) is 7. The van der Waals surface area contributed by atoms with E-state index >= 15 is 0 Å². The van der Waals surface area contributed by atoms with Crippen LogP contribution < -0.4 is 0 Å². The van der Waals surface area contributed by atoms with Crippen LogP contribution in [0.3, 0.4) is 0 Å². The fraction of sp³-hybridized carbons (Fsp3) is 0.214. The molecule has 124 valence electrons. The number of rotatable bonds is 6. The number of carbonyl (C=O) groups excluding carboxylic acids is 1. The van der Waals surface area contributed by atoms with Crippen molar-refractivity contribution in [3.63, 3.8) is 0 Å². The molecule has 0 heterocycles. The van der Waals surface area contributed by atoms with E-state index in [0.29, 0.717) is 6.08 Å². The van der Waals surface area contributed by atoms with Crippen LogP contribution in [0.15, 0.2) is 18.2 Å². The Morgan fingerprint density at radius 3 is 2.22 bits per heavy atom. The molecule has 0 aliphatic heterocycles. The molecule has 0 aliphatic rings. The normalized spacial score (nSPS) is 15.1. The number of carbonyl (C=O) groups is 3. The molecule has 1 aromatic carbocycles. The largest absolute Gasteiger partial charge is 0.504 e. The summed E-state index contributed by atoms with van der Waals surface area (Å²) in [5, 5.41) is 55.2. The number of phenolic OH excluding ortho intramolecular Hbond substituents is 2. The van der Waals surface area contributed by atoms with Crippen molar-refractivity contribution in [1.82, 2.24) is 0 Å². The second kappa shape index (κ2) is 6.46. The molecule has 1 rings (SSSR count). The Balaban J connectivity index is 3.21. The second-order valence-corrected chi connectivity index (χ2v) is 4.66. The lowest BCUT2D eigenvalue weighted by Gasteiger charge is -2.23. The summed E-state index contributed by atoms with van der Waals surface area (Å²) in [6.45, 7) is 1.40. The molecule has 0 saturated heterocycles. The molecule has 9 nitrogen and oxygen atoms in total. The maximum absolute atomic E-state index is 11.8. The SMILES string of the molecule is Cc1c(C=CC(=O)C(O)(C(=O)O)C(O)C(=O)O)ccc(O)c1O. The van der Waals surface area contributed by atoms with E-state index < -0.39 is 40.9 Å². The third kappa shape index (κ3) is 3.30. The Kier molecular flexibility index (Phi) is 5.10. The second-order valence-electron chi connectivity index (χ2n) is 4.66. The van der Waals surface area contributed by atoms with Crippen LogP contribution in [0.4, 0.5) is 0 Å². The van der Waals surface area contributed by atoms with E-state index in [-0.39, 0.29) is 11.1 Å². The molecule has 0 radical (unpaired) electrons. The van der Waals surface area contributed by atoms with Gasteiger partial charge < -0.3 is 30.6 Å². The first kappa shape index (κ1) is 18.1. The number of aliphatic carboxylic acids is 2. The Bertz CT molecular complexity index is 692. The van der Waals surface area contributed by atoms with Crippen LogP contribution in [0.2, 0.25) is 0 Å². The van der Waals surface area contributed by atoms with Crippen LogP contribution in [-0.4, -0.2) is 60.1 Å². The Morgan fingerprint density at radius 1 is 1.17 bits per heavy atom. The molecule has 9 heteroatoms. The summed E-state index contributed by atoms with van der Waals surface area (Å²) in [7, 11) is 0. The third-order valence-corrected chi connectivity index (χ3v) is 3.20. The quantitative estimate of drug-likeness (QED) is 0.223. The number of aromatic hydroxyl groups is 2. The van der Waals surface area contributed by atoms with Crippen molar-refractivity contribution in [2.24, 2.45) is 0 Å². The first-order chi connectivity index (χ1) is 10.5. The standard InChI is InChI=1S/C14H14O9/c1-6-7(2-4-8(15)10(6)17)3-5-9(16)14(23,13(21)22)11(18)12(19)20/h2-5,11,15,17-18,23H,1H3,(H,19,20)(H,21,22). The zero-order valence-electron chi connectivity index (χ0n) is 11.8. The Morgan fingerprint density at radius 2 is 1.74 bits per heavy atom. The summed E-state index contributed by atoms with van der Waals surface area (Å²) < 4.78 is 0. The van der Waals surface area contributed by atoms with Crippen molar-refractivity contribution in [3.05, 3.63) is 29.3 Å². The predicted octanol–water partition coefficient (Wildman–Crippen LogP) is -0.750. The van der Waals surface area contributed by atoms with E-state index in [4.69, 9.17) is 10.2 Å². The van der Waals surface area contributed by atoms with Crippen LogP contribution in [0, 0.1) is 6.92 Å². The summed E-state index contributed by atoms with van der Waals surface area (Å²) in [4.78, 5) is 33.5. The summed E-state index contributed by atoms with van der Waals surface area (Å²) in [5.41, 5.74) is -3.20. The highest BCUT2D eigenvalue weighted by Crippen LogP contribution is 2.31. The highest BCUT2D eigenvalue weighted by molar-refractivity contribution is 6.16. The van der Waals surface area contributed by atoms with Gasteiger partial charge in [0.2, 0.25) is 5.78 Å². The molecule has 2 atom stereocenters. The van der Waals surface area contributed by atoms with Gasteiger partial charge in [0.05, 0.1) is 0 Å². The smallest absolute Gasteiger partial charge is 0.347 e. The van der Waals surface area contributed by atoms with E-state index in [1.807, 2.05) is 0 Å². The van der Waals surface area contributed by atoms with Gasteiger partial charge in [0, 0.05) is 5.56 Å². The first-order valence-electron chi connectivity index (χ1n) is 6.14. The summed E-state index contributed by atoms with van der Waals surface area (Å²) >= 11 is 0. The van der Waals surface area contributed by atoms with Crippen molar-refractivity contribution < 1.29 is 45.0 Å². The molecule has 6 N–H and O–H groups in total. The number of benzene rings is 1. The molecule has 1 aromatic rings. The number of phenols is 2. The van der Waals surface area contributed by atoms with Crippen molar-refractivity contribution in [3.8, 4) is 11.5 Å². The van der Waals surface area contributed by atoms with Gasteiger partial charge in [-0.2, -0.15) is 0 Å². The van der Waals surface area contributed by atoms with E-state index in [2.05, 4.69) is 0 Å². The van der Waals surface area contributed by atoms with Crippen molar-refractivity contribution in [2.45, 2.75) is 18.6 Å². The zero-order valence-corrected chi connectivity index (χ0v) is 11.8. The molecule has 0 aromatic heterocycles. The van der Waals surface area contributed by atoms with E-state index in [0.717, 1.165) is 12.1 Å². The minimum absolute atomic E-state index is 0.159. The van der Waals surface area contributed by atoms with Crippen LogP contribution in [0.25, 0.3) is 6.08 Å². The average molecular weight is 326 g/mol. The fourth-order valence-electron chi connectivity index (χ4n) is 1.71. The van der Waals surface area contributed by atoms with Crippen LogP contribution in [0.1, 0.15) is 11.1 Å². The van der Waals surface area contributed by atoms with Gasteiger partial charge in [-0.1, -0.05) is 12.1 Å². The summed E-state index contributed by atoms with van der Waals surface area (Å²) in [6.07, 6.45) is -1.32. The molecule has 0 aliphatic carbocycles. The Hall–Kier alpha value is -2.91. The highest BCUT2D eigenvalue weighted by Gasteiger charge is 2.53. The van der Waals surface area contributed by atoms with Crippen LogP contribution in [-0.2, 0) is 14.4 Å². The minimum atomic E-state index is -3.56. The van der Waals surface area contributed by atoms with Crippen molar-refractivity contribution in [1.29, 1.82) is 0 Å². The van der Waals surface area contributed by atoms with E-state index in [1.165, 1.54) is 13.0 Å².